The zero-order valence-corrected chi connectivity index (χ0v) is 13.8. The summed E-state index contributed by atoms with van der Waals surface area (Å²) in [6, 6.07) is 0. The summed E-state index contributed by atoms with van der Waals surface area (Å²) >= 11 is 0. The van der Waals surface area contributed by atoms with Crippen LogP contribution in [0.25, 0.3) is 0 Å². The van der Waals surface area contributed by atoms with Gasteiger partial charge < -0.3 is 24.6 Å². The van der Waals surface area contributed by atoms with Gasteiger partial charge in [0.05, 0.1) is 7.82 Å². The van der Waals surface area contributed by atoms with Crippen LogP contribution in [0.2, 0.25) is 0 Å². The Kier molecular flexibility index (Phi) is 20.0. The first-order valence-electron chi connectivity index (χ1n) is 3.95. The average molecular weight is 241 g/mol. The maximum Gasteiger partial charge on any atom is 1.00 e. The number of hydrogen-bond donors (Lipinski definition) is 2. The Morgan fingerprint density at radius 1 is 1.00 bits per heavy atom. The molecular weight excluding hydrogens is 227 g/mol. The van der Waals surface area contributed by atoms with E-state index in [0.29, 0.717) is 0 Å². The van der Waals surface area contributed by atoms with Crippen LogP contribution in [0.3, 0.4) is 0 Å². The average Bonchev–Trinajstić information content (AvgIpc) is 2.10. The molecule has 0 unspecified atom stereocenters. The first-order valence-corrected chi connectivity index (χ1v) is 5.45. The van der Waals surface area contributed by atoms with E-state index in [4.69, 9.17) is 19.2 Å². The molecule has 0 amide bonds. The summed E-state index contributed by atoms with van der Waals surface area (Å²) in [6.07, 6.45) is 5.65. The Balaban J connectivity index is -0.000000159. The maximum absolute atomic E-state index is 8.66. The largest absolute Gasteiger partial charge is 1.00 e. The summed E-state index contributed by atoms with van der Waals surface area (Å²) in [5.74, 6) is 0. The van der Waals surface area contributed by atoms with Gasteiger partial charge in [-0.2, -0.15) is 0 Å². The molecule has 1 aliphatic heterocycles. The van der Waals surface area contributed by atoms with Gasteiger partial charge in [0.2, 0.25) is 0 Å². The van der Waals surface area contributed by atoms with Crippen molar-refractivity contribution in [1.82, 2.24) is 5.32 Å². The molecule has 0 aromatic carbocycles. The maximum atomic E-state index is 8.66. The van der Waals surface area contributed by atoms with Crippen LogP contribution in [0, 0.1) is 0 Å². The summed E-state index contributed by atoms with van der Waals surface area (Å²) < 4.78 is 8.66. The van der Waals surface area contributed by atoms with Crippen LogP contribution in [0.15, 0.2) is 0 Å². The Morgan fingerprint density at radius 2 is 1.29 bits per heavy atom. The Bertz CT molecular complexity index is 127. The van der Waals surface area contributed by atoms with Gasteiger partial charge in [-0.3, -0.25) is 0 Å². The molecule has 0 aliphatic carbocycles. The zero-order chi connectivity index (χ0) is 9.45. The minimum absolute atomic E-state index is 0. The van der Waals surface area contributed by atoms with E-state index >= 15 is 0 Å². The molecule has 0 aromatic heterocycles. The Hall–Kier alpha value is 2.07. The third kappa shape index (κ3) is 29.2. The molecule has 0 aromatic rings. The van der Waals surface area contributed by atoms with Crippen LogP contribution in [0.5, 0.6) is 0 Å². The van der Waals surface area contributed by atoms with E-state index in [9.17, 15) is 0 Å². The smallest absolute Gasteiger partial charge is 0.790 e. The number of rotatable bonds is 0. The number of hydrogen-bond acceptors (Lipinski definition) is 4. The number of nitrogens with one attached hydrogen (secondary N) is 1. The Labute approximate surface area is 129 Å². The van der Waals surface area contributed by atoms with E-state index in [1.807, 2.05) is 0 Å². The molecule has 1 rings (SSSR count). The fraction of sp³-hybridized carbons (Fsp3) is 1.00. The van der Waals surface area contributed by atoms with Crippen molar-refractivity contribution in [2.45, 2.75) is 25.7 Å². The van der Waals surface area contributed by atoms with Gasteiger partial charge in [0.25, 0.3) is 0 Å². The molecule has 1 saturated heterocycles. The van der Waals surface area contributed by atoms with Crippen LogP contribution in [0.1, 0.15) is 25.7 Å². The molecule has 8 heteroatoms. The van der Waals surface area contributed by atoms with Gasteiger partial charge in [-0.05, 0) is 25.9 Å². The predicted molar refractivity (Wildman–Crippen MR) is 41.2 cm³/mol. The molecule has 5 nitrogen and oxygen atoms in total. The van der Waals surface area contributed by atoms with Crippen molar-refractivity contribution in [1.29, 1.82) is 0 Å². The Morgan fingerprint density at radius 3 is 1.57 bits per heavy atom. The van der Waals surface area contributed by atoms with Crippen LogP contribution >= 0.6 is 7.82 Å². The standard InChI is InChI=1S/C6H13N.2Na.H3O4P/c1-2-4-6-7-5-3-1;;;1-5(2,3)4/h7H,1-6H2;;;(H3,1,2,3,4)/q;2*+1;/p-2. The van der Waals surface area contributed by atoms with Crippen molar-refractivity contribution in [3.05, 3.63) is 0 Å². The first kappa shape index (κ1) is 21.4. The molecule has 1 fully saturated rings. The van der Waals surface area contributed by atoms with Gasteiger partial charge >= 0.3 is 59.1 Å². The molecule has 0 radical (unpaired) electrons. The number of phosphoric acid groups is 1. The minimum Gasteiger partial charge on any atom is -0.790 e. The second-order valence-electron chi connectivity index (χ2n) is 2.63. The van der Waals surface area contributed by atoms with Gasteiger partial charge in [-0.1, -0.05) is 12.8 Å². The predicted octanol–water partition coefficient (Wildman–Crippen LogP) is -7.03. The molecule has 14 heavy (non-hydrogen) atoms. The summed E-state index contributed by atoms with van der Waals surface area (Å²) in [5.41, 5.74) is 0. The molecular formula is C6H14NNa2O4P. The topological polar surface area (TPSA) is 95.5 Å². The van der Waals surface area contributed by atoms with Crippen molar-refractivity contribution in [2.75, 3.05) is 13.1 Å². The van der Waals surface area contributed by atoms with E-state index in [1.54, 1.807) is 0 Å². The van der Waals surface area contributed by atoms with Gasteiger partial charge in [-0.15, -0.1) is 0 Å². The third-order valence-electron chi connectivity index (χ3n) is 1.46. The summed E-state index contributed by atoms with van der Waals surface area (Å²) in [4.78, 5) is 24.3. The molecule has 0 spiro atoms. The minimum atomic E-state index is -5.14. The second-order valence-corrected chi connectivity index (χ2v) is 3.57. The van der Waals surface area contributed by atoms with Crippen molar-refractivity contribution >= 4 is 7.82 Å². The summed E-state index contributed by atoms with van der Waals surface area (Å²) in [6.45, 7) is 2.50. The van der Waals surface area contributed by atoms with Gasteiger partial charge in [0, 0.05) is 0 Å². The first-order chi connectivity index (χ1) is 5.50. The van der Waals surface area contributed by atoms with E-state index in [1.165, 1.54) is 38.8 Å². The van der Waals surface area contributed by atoms with Gasteiger partial charge in [0.1, 0.15) is 0 Å². The van der Waals surface area contributed by atoms with Crippen molar-refractivity contribution in [3.8, 4) is 0 Å². The van der Waals surface area contributed by atoms with E-state index in [2.05, 4.69) is 5.32 Å². The van der Waals surface area contributed by atoms with Crippen molar-refractivity contribution in [3.63, 3.8) is 0 Å². The van der Waals surface area contributed by atoms with Crippen LogP contribution in [-0.4, -0.2) is 18.0 Å². The van der Waals surface area contributed by atoms with Crippen LogP contribution < -0.4 is 74.2 Å². The van der Waals surface area contributed by atoms with Crippen molar-refractivity contribution in [2.24, 2.45) is 0 Å². The SMILES string of the molecule is C1CCCNCC1.O=P([O-])([O-])O.[Na+].[Na+]. The van der Waals surface area contributed by atoms with Crippen molar-refractivity contribution < 1.29 is 78.4 Å². The molecule has 0 saturated carbocycles. The second kappa shape index (κ2) is 13.1. The van der Waals surface area contributed by atoms with Crippen LogP contribution in [-0.2, 0) is 4.57 Å². The quantitative estimate of drug-likeness (QED) is 0.324. The molecule has 1 aliphatic rings. The summed E-state index contributed by atoms with van der Waals surface area (Å²) in [5, 5.41) is 3.35. The molecule has 0 bridgehead atoms. The molecule has 0 atom stereocenters. The van der Waals surface area contributed by atoms with E-state index < -0.39 is 7.82 Å². The van der Waals surface area contributed by atoms with E-state index in [0.717, 1.165) is 0 Å². The normalized spacial score (nSPS) is 16.2. The monoisotopic (exact) mass is 241 g/mol. The summed E-state index contributed by atoms with van der Waals surface area (Å²) in [7, 11) is -5.14. The van der Waals surface area contributed by atoms with Gasteiger partial charge in [0.15, 0.2) is 0 Å². The fourth-order valence-corrected chi connectivity index (χ4v) is 0.979. The third-order valence-corrected chi connectivity index (χ3v) is 1.46. The molecule has 74 valence electrons. The zero-order valence-electron chi connectivity index (χ0n) is 8.86. The fourth-order valence-electron chi connectivity index (χ4n) is 0.979. The molecule has 2 N–H and O–H groups in total. The molecule has 1 heterocycles. The van der Waals surface area contributed by atoms with E-state index in [-0.39, 0.29) is 59.1 Å². The van der Waals surface area contributed by atoms with Gasteiger partial charge in [-0.25, -0.2) is 0 Å². The van der Waals surface area contributed by atoms with Crippen LogP contribution in [0.4, 0.5) is 0 Å².